The molecule has 72 valence electrons. The number of aromatic nitrogens is 1. The molecule has 0 spiro atoms. The van der Waals surface area contributed by atoms with Crippen molar-refractivity contribution < 1.29 is 4.42 Å². The molecule has 0 bridgehead atoms. The molecule has 2 rings (SSSR count). The van der Waals surface area contributed by atoms with Crippen LogP contribution in [0.3, 0.4) is 0 Å². The van der Waals surface area contributed by atoms with E-state index in [1.54, 1.807) is 6.20 Å². The van der Waals surface area contributed by atoms with Gasteiger partial charge >= 0.3 is 0 Å². The Balaban J connectivity index is 2.47. The quantitative estimate of drug-likeness (QED) is 0.684. The van der Waals surface area contributed by atoms with Crippen LogP contribution in [-0.2, 0) is 0 Å². The molecule has 0 fully saturated rings. The summed E-state index contributed by atoms with van der Waals surface area (Å²) in [6, 6.07) is 6.22. The molecule has 1 aromatic heterocycles. The number of nitrogens with zero attached hydrogens (tertiary/aromatic N) is 1. The summed E-state index contributed by atoms with van der Waals surface area (Å²) in [4.78, 5) is 4.19. The van der Waals surface area contributed by atoms with Gasteiger partial charge in [-0.05, 0) is 44.0 Å². The minimum Gasteiger partial charge on any atom is -0.441 e. The predicted molar refractivity (Wildman–Crippen MR) is 56.2 cm³/mol. The molecule has 0 aliphatic rings. The molecule has 2 nitrogen and oxygen atoms in total. The molecule has 0 aliphatic heterocycles. The van der Waals surface area contributed by atoms with Gasteiger partial charge in [0.15, 0.2) is 0 Å². The van der Waals surface area contributed by atoms with Gasteiger partial charge in [0.05, 0.1) is 6.20 Å². The Morgan fingerprint density at radius 1 is 1.07 bits per heavy atom. The first-order valence-electron chi connectivity index (χ1n) is 4.67. The first kappa shape index (κ1) is 9.00. The van der Waals surface area contributed by atoms with E-state index in [9.17, 15) is 0 Å². The number of oxazole rings is 1. The Hall–Kier alpha value is -1.57. The van der Waals surface area contributed by atoms with Crippen molar-refractivity contribution in [2.45, 2.75) is 20.8 Å². The molecule has 1 heterocycles. The van der Waals surface area contributed by atoms with Gasteiger partial charge in [0.25, 0.3) is 0 Å². The van der Waals surface area contributed by atoms with E-state index in [-0.39, 0.29) is 0 Å². The van der Waals surface area contributed by atoms with Crippen molar-refractivity contribution in [2.75, 3.05) is 0 Å². The normalized spacial score (nSPS) is 10.5. The van der Waals surface area contributed by atoms with E-state index in [1.807, 2.05) is 13.0 Å². The molecule has 14 heavy (non-hydrogen) atoms. The molecule has 2 aromatic rings. The van der Waals surface area contributed by atoms with E-state index in [4.69, 9.17) is 4.42 Å². The summed E-state index contributed by atoms with van der Waals surface area (Å²) in [6.45, 7) is 6.09. The van der Waals surface area contributed by atoms with Crippen LogP contribution in [0.25, 0.3) is 11.5 Å². The SMILES string of the molecule is Cc1cnc(-c2ccc(C)c(C)c2)o1. The van der Waals surface area contributed by atoms with Crippen LogP contribution in [0.15, 0.2) is 28.8 Å². The average molecular weight is 187 g/mol. The summed E-state index contributed by atoms with van der Waals surface area (Å²) in [7, 11) is 0. The van der Waals surface area contributed by atoms with Gasteiger partial charge in [-0.2, -0.15) is 0 Å². The fourth-order valence-corrected chi connectivity index (χ4v) is 1.36. The van der Waals surface area contributed by atoms with Crippen molar-refractivity contribution in [3.8, 4) is 11.5 Å². The molecule has 0 amide bonds. The van der Waals surface area contributed by atoms with Gasteiger partial charge in [0.2, 0.25) is 5.89 Å². The Morgan fingerprint density at radius 2 is 1.86 bits per heavy atom. The van der Waals surface area contributed by atoms with Gasteiger partial charge in [0, 0.05) is 5.56 Å². The van der Waals surface area contributed by atoms with Crippen LogP contribution in [0, 0.1) is 20.8 Å². The zero-order chi connectivity index (χ0) is 10.1. The minimum atomic E-state index is 0.700. The molecule has 0 unspecified atom stereocenters. The fraction of sp³-hybridized carbons (Fsp3) is 0.250. The lowest BCUT2D eigenvalue weighted by atomic mass is 10.1. The van der Waals surface area contributed by atoms with E-state index in [2.05, 4.69) is 31.0 Å². The molecule has 1 aromatic carbocycles. The summed E-state index contributed by atoms with van der Waals surface area (Å²) >= 11 is 0. The van der Waals surface area contributed by atoms with Gasteiger partial charge in [0.1, 0.15) is 5.76 Å². The molecule has 0 atom stereocenters. The highest BCUT2D eigenvalue weighted by atomic mass is 16.4. The highest BCUT2D eigenvalue weighted by molar-refractivity contribution is 5.55. The van der Waals surface area contributed by atoms with E-state index >= 15 is 0 Å². The van der Waals surface area contributed by atoms with Crippen LogP contribution in [0.5, 0.6) is 0 Å². The Bertz CT molecular complexity index is 457. The van der Waals surface area contributed by atoms with Crippen molar-refractivity contribution in [1.82, 2.24) is 4.98 Å². The third kappa shape index (κ3) is 1.55. The van der Waals surface area contributed by atoms with Crippen LogP contribution >= 0.6 is 0 Å². The Kier molecular flexibility index (Phi) is 2.12. The van der Waals surface area contributed by atoms with E-state index in [1.165, 1.54) is 11.1 Å². The summed E-state index contributed by atoms with van der Waals surface area (Å²) in [5, 5.41) is 0. The molecular formula is C12H13NO. The average Bonchev–Trinajstić information content (AvgIpc) is 2.57. The maximum atomic E-state index is 5.45. The predicted octanol–water partition coefficient (Wildman–Crippen LogP) is 3.27. The van der Waals surface area contributed by atoms with Crippen LogP contribution in [0.4, 0.5) is 0 Å². The lowest BCUT2D eigenvalue weighted by molar-refractivity contribution is 0.542. The van der Waals surface area contributed by atoms with Gasteiger partial charge in [-0.3, -0.25) is 0 Å². The summed E-state index contributed by atoms with van der Waals surface area (Å²) in [5.74, 6) is 1.55. The van der Waals surface area contributed by atoms with Gasteiger partial charge in [-0.25, -0.2) is 4.98 Å². The van der Waals surface area contributed by atoms with Crippen molar-refractivity contribution >= 4 is 0 Å². The van der Waals surface area contributed by atoms with Crippen molar-refractivity contribution in [1.29, 1.82) is 0 Å². The third-order valence-electron chi connectivity index (χ3n) is 2.38. The number of benzene rings is 1. The Morgan fingerprint density at radius 3 is 2.43 bits per heavy atom. The lowest BCUT2D eigenvalue weighted by Gasteiger charge is -2.01. The van der Waals surface area contributed by atoms with Gasteiger partial charge in [-0.1, -0.05) is 6.07 Å². The number of aryl methyl sites for hydroxylation is 3. The summed E-state index contributed by atoms with van der Waals surface area (Å²) in [5.41, 5.74) is 3.59. The molecule has 0 saturated heterocycles. The lowest BCUT2D eigenvalue weighted by Crippen LogP contribution is -1.82. The molecule has 2 heteroatoms. The second-order valence-corrected chi connectivity index (χ2v) is 3.58. The monoisotopic (exact) mass is 187 g/mol. The first-order valence-corrected chi connectivity index (χ1v) is 4.67. The van der Waals surface area contributed by atoms with Crippen molar-refractivity contribution in [3.05, 3.63) is 41.3 Å². The standard InChI is InChI=1S/C12H13NO/c1-8-4-5-11(6-9(8)2)12-13-7-10(3)14-12/h4-7H,1-3H3. The minimum absolute atomic E-state index is 0.700. The van der Waals surface area contributed by atoms with Crippen molar-refractivity contribution in [2.24, 2.45) is 0 Å². The van der Waals surface area contributed by atoms with E-state index in [0.29, 0.717) is 5.89 Å². The number of rotatable bonds is 1. The second kappa shape index (κ2) is 3.29. The number of hydrogen-bond donors (Lipinski definition) is 0. The first-order chi connectivity index (χ1) is 6.66. The highest BCUT2D eigenvalue weighted by Crippen LogP contribution is 2.21. The van der Waals surface area contributed by atoms with Crippen LogP contribution in [0.1, 0.15) is 16.9 Å². The van der Waals surface area contributed by atoms with Gasteiger partial charge in [-0.15, -0.1) is 0 Å². The van der Waals surface area contributed by atoms with Gasteiger partial charge < -0.3 is 4.42 Å². The Labute approximate surface area is 83.6 Å². The molecular weight excluding hydrogens is 174 g/mol. The molecule has 0 aliphatic carbocycles. The second-order valence-electron chi connectivity index (χ2n) is 3.58. The maximum Gasteiger partial charge on any atom is 0.226 e. The van der Waals surface area contributed by atoms with E-state index in [0.717, 1.165) is 11.3 Å². The van der Waals surface area contributed by atoms with Crippen LogP contribution in [0.2, 0.25) is 0 Å². The van der Waals surface area contributed by atoms with Crippen LogP contribution < -0.4 is 0 Å². The fourth-order valence-electron chi connectivity index (χ4n) is 1.36. The maximum absolute atomic E-state index is 5.45. The summed E-state index contributed by atoms with van der Waals surface area (Å²) < 4.78 is 5.45. The van der Waals surface area contributed by atoms with Crippen molar-refractivity contribution in [3.63, 3.8) is 0 Å². The van der Waals surface area contributed by atoms with Crippen LogP contribution in [-0.4, -0.2) is 4.98 Å². The highest BCUT2D eigenvalue weighted by Gasteiger charge is 2.04. The van der Waals surface area contributed by atoms with E-state index < -0.39 is 0 Å². The molecule has 0 saturated carbocycles. The largest absolute Gasteiger partial charge is 0.441 e. The topological polar surface area (TPSA) is 26.0 Å². The zero-order valence-corrected chi connectivity index (χ0v) is 8.66. The molecule has 0 N–H and O–H groups in total. The third-order valence-corrected chi connectivity index (χ3v) is 2.38. The summed E-state index contributed by atoms with van der Waals surface area (Å²) in [6.07, 6.45) is 1.74. The molecule has 0 radical (unpaired) electrons. The number of hydrogen-bond acceptors (Lipinski definition) is 2. The smallest absolute Gasteiger partial charge is 0.226 e. The zero-order valence-electron chi connectivity index (χ0n) is 8.66.